The molecule has 1 aromatic rings. The molecule has 0 bridgehead atoms. The Labute approximate surface area is 117 Å². The number of carbonyl (C=O) groups excluding carboxylic acids is 1. The van der Waals surface area contributed by atoms with E-state index in [0.717, 1.165) is 18.4 Å². The van der Waals surface area contributed by atoms with Crippen LogP contribution in [0.15, 0.2) is 24.3 Å². The third-order valence-electron chi connectivity index (χ3n) is 3.75. The van der Waals surface area contributed by atoms with Crippen LogP contribution in [0.2, 0.25) is 0 Å². The average Bonchev–Trinajstić information content (AvgIpc) is 2.46. The molecule has 0 fully saturated rings. The number of hydrogen-bond donors (Lipinski definition) is 3. The summed E-state index contributed by atoms with van der Waals surface area (Å²) < 4.78 is 0. The van der Waals surface area contributed by atoms with Crippen molar-refractivity contribution in [3.63, 3.8) is 0 Å². The van der Waals surface area contributed by atoms with E-state index in [1.54, 1.807) is 0 Å². The number of amides is 1. The van der Waals surface area contributed by atoms with Crippen LogP contribution >= 0.6 is 0 Å². The van der Waals surface area contributed by atoms with Gasteiger partial charge in [-0.15, -0.1) is 0 Å². The fourth-order valence-electron chi connectivity index (χ4n) is 2.60. The molecule has 0 aliphatic heterocycles. The molecule has 1 aliphatic rings. The molecular formula is C15H19NO4. The van der Waals surface area contributed by atoms with Crippen LogP contribution in [-0.2, 0) is 22.4 Å². The maximum absolute atomic E-state index is 12.1. The second kappa shape index (κ2) is 6.52. The Kier molecular flexibility index (Phi) is 4.74. The molecule has 0 saturated heterocycles. The molecule has 2 rings (SSSR count). The molecule has 0 saturated carbocycles. The SMILES string of the molecule is O=C(NC(CCO)C(=O)O)C1CCc2ccccc2C1. The quantitative estimate of drug-likeness (QED) is 0.741. The Morgan fingerprint density at radius 3 is 2.65 bits per heavy atom. The molecule has 3 N–H and O–H groups in total. The number of aryl methyl sites for hydroxylation is 1. The van der Waals surface area contributed by atoms with Crippen molar-refractivity contribution in [3.05, 3.63) is 35.4 Å². The standard InChI is InChI=1S/C15H19NO4/c17-8-7-13(15(19)20)16-14(18)12-6-5-10-3-1-2-4-11(10)9-12/h1-4,12-13,17H,5-9H2,(H,16,18)(H,19,20). The van der Waals surface area contributed by atoms with E-state index in [2.05, 4.69) is 11.4 Å². The van der Waals surface area contributed by atoms with Gasteiger partial charge in [-0.05, 0) is 30.4 Å². The lowest BCUT2D eigenvalue weighted by Crippen LogP contribution is -2.45. The summed E-state index contributed by atoms with van der Waals surface area (Å²) in [5, 5.41) is 20.3. The van der Waals surface area contributed by atoms with Gasteiger partial charge in [0.25, 0.3) is 0 Å². The molecule has 5 nitrogen and oxygen atoms in total. The highest BCUT2D eigenvalue weighted by molar-refractivity contribution is 5.85. The fraction of sp³-hybridized carbons (Fsp3) is 0.467. The first-order chi connectivity index (χ1) is 9.61. The molecule has 5 heteroatoms. The number of carboxylic acid groups (broad SMARTS) is 1. The summed E-state index contributed by atoms with van der Waals surface area (Å²) in [4.78, 5) is 23.1. The highest BCUT2D eigenvalue weighted by Crippen LogP contribution is 2.25. The molecule has 2 unspecified atom stereocenters. The monoisotopic (exact) mass is 277 g/mol. The van der Waals surface area contributed by atoms with Gasteiger partial charge in [0.05, 0.1) is 0 Å². The number of aliphatic hydroxyl groups is 1. The largest absolute Gasteiger partial charge is 0.480 e. The summed E-state index contributed by atoms with van der Waals surface area (Å²) in [7, 11) is 0. The molecule has 108 valence electrons. The van der Waals surface area contributed by atoms with Crippen LogP contribution in [0.1, 0.15) is 24.0 Å². The van der Waals surface area contributed by atoms with Gasteiger partial charge in [-0.25, -0.2) is 4.79 Å². The predicted octanol–water partition coefficient (Wildman–Crippen LogP) is 0.743. The van der Waals surface area contributed by atoms with Crippen LogP contribution in [-0.4, -0.2) is 34.7 Å². The van der Waals surface area contributed by atoms with Crippen LogP contribution in [0.25, 0.3) is 0 Å². The average molecular weight is 277 g/mol. The van der Waals surface area contributed by atoms with Crippen molar-refractivity contribution in [1.29, 1.82) is 0 Å². The first-order valence-electron chi connectivity index (χ1n) is 6.82. The number of nitrogens with one attached hydrogen (secondary N) is 1. The fourth-order valence-corrected chi connectivity index (χ4v) is 2.60. The number of carboxylic acids is 1. The lowest BCUT2D eigenvalue weighted by atomic mass is 9.83. The molecular weight excluding hydrogens is 258 g/mol. The van der Waals surface area contributed by atoms with Crippen LogP contribution in [0.5, 0.6) is 0 Å². The normalized spacial score (nSPS) is 18.9. The first-order valence-corrected chi connectivity index (χ1v) is 6.82. The lowest BCUT2D eigenvalue weighted by molar-refractivity contribution is -0.143. The summed E-state index contributed by atoms with van der Waals surface area (Å²) in [6.07, 6.45) is 2.25. The maximum Gasteiger partial charge on any atom is 0.326 e. The summed E-state index contributed by atoms with van der Waals surface area (Å²) in [5.41, 5.74) is 2.43. The van der Waals surface area contributed by atoms with Crippen molar-refractivity contribution in [3.8, 4) is 0 Å². The van der Waals surface area contributed by atoms with E-state index in [1.807, 2.05) is 18.2 Å². The van der Waals surface area contributed by atoms with Gasteiger partial charge in [-0.1, -0.05) is 24.3 Å². The maximum atomic E-state index is 12.1. The van der Waals surface area contributed by atoms with Crippen molar-refractivity contribution in [2.45, 2.75) is 31.7 Å². The van der Waals surface area contributed by atoms with E-state index in [9.17, 15) is 9.59 Å². The van der Waals surface area contributed by atoms with Crippen LogP contribution < -0.4 is 5.32 Å². The molecule has 20 heavy (non-hydrogen) atoms. The zero-order valence-corrected chi connectivity index (χ0v) is 11.2. The minimum absolute atomic E-state index is 0.0321. The van der Waals surface area contributed by atoms with E-state index in [-0.39, 0.29) is 24.9 Å². The van der Waals surface area contributed by atoms with Gasteiger partial charge in [0.15, 0.2) is 0 Å². The van der Waals surface area contributed by atoms with Gasteiger partial charge in [0, 0.05) is 18.9 Å². The topological polar surface area (TPSA) is 86.6 Å². The van der Waals surface area contributed by atoms with Gasteiger partial charge in [-0.2, -0.15) is 0 Å². The number of carbonyl (C=O) groups is 2. The van der Waals surface area contributed by atoms with E-state index in [1.165, 1.54) is 5.56 Å². The Balaban J connectivity index is 1.99. The van der Waals surface area contributed by atoms with Crippen LogP contribution in [0.3, 0.4) is 0 Å². The van der Waals surface area contributed by atoms with Crippen molar-refractivity contribution in [2.24, 2.45) is 5.92 Å². The number of hydrogen-bond acceptors (Lipinski definition) is 3. The molecule has 1 aliphatic carbocycles. The Morgan fingerprint density at radius 2 is 2.00 bits per heavy atom. The summed E-state index contributed by atoms with van der Waals surface area (Å²) in [6, 6.07) is 7.00. The first kappa shape index (κ1) is 14.5. The Hall–Kier alpha value is -1.88. The minimum atomic E-state index is -1.11. The van der Waals surface area contributed by atoms with Crippen LogP contribution in [0, 0.1) is 5.92 Å². The van der Waals surface area contributed by atoms with Crippen molar-refractivity contribution in [2.75, 3.05) is 6.61 Å². The van der Waals surface area contributed by atoms with E-state index >= 15 is 0 Å². The number of rotatable bonds is 5. The number of aliphatic carboxylic acids is 1. The third-order valence-corrected chi connectivity index (χ3v) is 3.75. The highest BCUT2D eigenvalue weighted by Gasteiger charge is 2.27. The predicted molar refractivity (Wildman–Crippen MR) is 73.2 cm³/mol. The van der Waals surface area contributed by atoms with Gasteiger partial charge in [-0.3, -0.25) is 4.79 Å². The number of aliphatic hydroxyl groups excluding tert-OH is 1. The Morgan fingerprint density at radius 1 is 1.30 bits per heavy atom. The van der Waals surface area contributed by atoms with E-state index in [0.29, 0.717) is 6.42 Å². The second-order valence-corrected chi connectivity index (χ2v) is 5.12. The molecule has 1 amide bonds. The molecule has 0 heterocycles. The molecule has 1 aromatic carbocycles. The Bertz CT molecular complexity index is 500. The molecule has 2 atom stereocenters. The van der Waals surface area contributed by atoms with Gasteiger partial charge in [0.2, 0.25) is 5.91 Å². The van der Waals surface area contributed by atoms with Crippen molar-refractivity contribution < 1.29 is 19.8 Å². The molecule has 0 radical (unpaired) electrons. The van der Waals surface area contributed by atoms with Crippen molar-refractivity contribution in [1.82, 2.24) is 5.32 Å². The second-order valence-electron chi connectivity index (χ2n) is 5.12. The summed E-state index contributed by atoms with van der Waals surface area (Å²) in [5.74, 6) is -1.53. The smallest absolute Gasteiger partial charge is 0.326 e. The zero-order valence-electron chi connectivity index (χ0n) is 11.2. The summed E-state index contributed by atoms with van der Waals surface area (Å²) >= 11 is 0. The van der Waals surface area contributed by atoms with Gasteiger partial charge in [0.1, 0.15) is 6.04 Å². The number of fused-ring (bicyclic) bond motifs is 1. The molecule has 0 aromatic heterocycles. The third kappa shape index (κ3) is 3.36. The van der Waals surface area contributed by atoms with Gasteiger partial charge >= 0.3 is 5.97 Å². The van der Waals surface area contributed by atoms with Crippen LogP contribution in [0.4, 0.5) is 0 Å². The lowest BCUT2D eigenvalue weighted by Gasteiger charge is -2.25. The molecule has 0 spiro atoms. The highest BCUT2D eigenvalue weighted by atomic mass is 16.4. The van der Waals surface area contributed by atoms with Gasteiger partial charge < -0.3 is 15.5 Å². The van der Waals surface area contributed by atoms with E-state index < -0.39 is 12.0 Å². The van der Waals surface area contributed by atoms with E-state index in [4.69, 9.17) is 10.2 Å². The zero-order chi connectivity index (χ0) is 14.5. The van der Waals surface area contributed by atoms with Crippen molar-refractivity contribution >= 4 is 11.9 Å². The number of benzene rings is 1. The summed E-state index contributed by atoms with van der Waals surface area (Å²) in [6.45, 7) is -0.259. The minimum Gasteiger partial charge on any atom is -0.480 e.